The van der Waals surface area contributed by atoms with Crippen molar-refractivity contribution in [2.24, 2.45) is 5.92 Å². The highest BCUT2D eigenvalue weighted by Gasteiger charge is 2.43. The quantitative estimate of drug-likeness (QED) is 0.236. The molecule has 0 spiro atoms. The highest BCUT2D eigenvalue weighted by atomic mass is 31.1. The predicted octanol–water partition coefficient (Wildman–Crippen LogP) is 5.59. The van der Waals surface area contributed by atoms with Crippen LogP contribution in [0.1, 0.15) is 74.0 Å². The van der Waals surface area contributed by atoms with E-state index in [0.717, 1.165) is 36.6 Å². The molecule has 0 saturated carbocycles. The third-order valence-corrected chi connectivity index (χ3v) is 7.48. The molecule has 194 valence electrons. The van der Waals surface area contributed by atoms with Gasteiger partial charge in [-0.05, 0) is 76.2 Å². The number of carbonyl (C=O) groups is 1. The van der Waals surface area contributed by atoms with Crippen LogP contribution in [-0.4, -0.2) is 54.6 Å². The van der Waals surface area contributed by atoms with Crippen LogP contribution >= 0.6 is 8.81 Å². The molecule has 2 unspecified atom stereocenters. The molecule has 0 aromatic heterocycles. The van der Waals surface area contributed by atoms with Gasteiger partial charge in [-0.3, -0.25) is 0 Å². The van der Waals surface area contributed by atoms with Crippen molar-refractivity contribution in [1.29, 1.82) is 0 Å². The lowest BCUT2D eigenvalue weighted by molar-refractivity contribution is -0.152. The highest BCUT2D eigenvalue weighted by Crippen LogP contribution is 2.33. The fraction of sp³-hybridized carbons (Fsp3) is 0.607. The Labute approximate surface area is 211 Å². The van der Waals surface area contributed by atoms with Gasteiger partial charge < -0.3 is 23.8 Å². The Bertz CT molecular complexity index is 924. The Hall–Kier alpha value is -1.56. The number of hydrogen-bond acceptors (Lipinski definition) is 6. The molecule has 1 aromatic rings. The van der Waals surface area contributed by atoms with E-state index in [1.54, 1.807) is 13.2 Å². The van der Waals surface area contributed by atoms with Gasteiger partial charge in [-0.25, -0.2) is 4.79 Å². The Kier molecular flexibility index (Phi) is 10.1. The zero-order chi connectivity index (χ0) is 25.6. The average molecular weight is 505 g/mol. The lowest BCUT2D eigenvalue weighted by Gasteiger charge is -2.22. The normalized spacial score (nSPS) is 30.9. The smallest absolute Gasteiger partial charge is 0.339 e. The van der Waals surface area contributed by atoms with Gasteiger partial charge in [-0.15, -0.1) is 0 Å². The Morgan fingerprint density at radius 1 is 1.17 bits per heavy atom. The number of aliphatic hydroxyl groups is 1. The molecule has 35 heavy (non-hydrogen) atoms. The number of cyclic esters (lactones) is 1. The average Bonchev–Trinajstić information content (AvgIpc) is 3.10. The molecule has 6 atom stereocenters. The first-order valence-electron chi connectivity index (χ1n) is 12.6. The van der Waals surface area contributed by atoms with E-state index in [4.69, 9.17) is 18.7 Å². The maximum absolute atomic E-state index is 13.2. The van der Waals surface area contributed by atoms with Gasteiger partial charge in [-0.1, -0.05) is 43.4 Å². The van der Waals surface area contributed by atoms with E-state index >= 15 is 0 Å². The van der Waals surface area contributed by atoms with Crippen LogP contribution < -0.4 is 0 Å². The minimum atomic E-state index is -0.816. The molecule has 0 amide bonds. The lowest BCUT2D eigenvalue weighted by Crippen LogP contribution is -2.34. The summed E-state index contributed by atoms with van der Waals surface area (Å²) < 4.78 is 23.2. The summed E-state index contributed by atoms with van der Waals surface area (Å²) in [5.41, 5.74) is 3.58. The number of esters is 1. The molecule has 1 saturated heterocycles. The lowest BCUT2D eigenvalue weighted by atomic mass is 9.94. The minimum Gasteiger partial charge on any atom is -0.458 e. The van der Waals surface area contributed by atoms with Gasteiger partial charge in [0.1, 0.15) is 18.3 Å². The van der Waals surface area contributed by atoms with Crippen LogP contribution in [0.5, 0.6) is 0 Å². The van der Waals surface area contributed by atoms with Gasteiger partial charge in [0.2, 0.25) is 0 Å². The fourth-order valence-corrected chi connectivity index (χ4v) is 5.23. The first-order valence-corrected chi connectivity index (χ1v) is 13.7. The van der Waals surface area contributed by atoms with E-state index in [0.29, 0.717) is 20.8 Å². The van der Waals surface area contributed by atoms with E-state index in [1.807, 2.05) is 52.8 Å². The molecule has 2 heterocycles. The molecule has 7 heteroatoms. The molecule has 1 aromatic carbocycles. The zero-order valence-corrected chi connectivity index (χ0v) is 22.9. The maximum Gasteiger partial charge on any atom is 0.339 e. The van der Waals surface area contributed by atoms with E-state index in [9.17, 15) is 9.90 Å². The van der Waals surface area contributed by atoms with Gasteiger partial charge >= 0.3 is 5.97 Å². The van der Waals surface area contributed by atoms with Crippen molar-refractivity contribution < 1.29 is 28.6 Å². The summed E-state index contributed by atoms with van der Waals surface area (Å²) in [7, 11) is 2.29. The summed E-state index contributed by atoms with van der Waals surface area (Å²) in [5, 5.41) is 10.8. The molecule has 3 rings (SSSR count). The molecule has 6 nitrogen and oxygen atoms in total. The summed E-state index contributed by atoms with van der Waals surface area (Å²) in [4.78, 5) is 13.2. The van der Waals surface area contributed by atoms with Crippen molar-refractivity contribution in [3.05, 3.63) is 52.6 Å². The molecule has 1 fully saturated rings. The maximum atomic E-state index is 13.2. The van der Waals surface area contributed by atoms with Crippen LogP contribution in [0.4, 0.5) is 0 Å². The second-order valence-electron chi connectivity index (χ2n) is 10.1. The summed E-state index contributed by atoms with van der Waals surface area (Å²) in [6.45, 7) is 9.56. The van der Waals surface area contributed by atoms with Gasteiger partial charge in [0.05, 0.1) is 11.7 Å². The number of fused-ring (bicyclic) bond motifs is 2. The van der Waals surface area contributed by atoms with Crippen LogP contribution in [0, 0.1) is 12.8 Å². The summed E-state index contributed by atoms with van der Waals surface area (Å²) in [6.07, 6.45) is 10.4. The molecule has 0 bridgehead atoms. The third kappa shape index (κ3) is 7.71. The SMILES string of the molecule is COPCCCCc1cc(C)c2c(c1)/C=C/C[C@@H]1OC(C)(C)O[C@@H]1C(O)/C=C\[C@@H](C)[C@H](C)OC2=O. The van der Waals surface area contributed by atoms with Crippen LogP contribution in [0.25, 0.3) is 6.08 Å². The number of unbranched alkanes of at least 4 members (excludes halogenated alkanes) is 1. The summed E-state index contributed by atoms with van der Waals surface area (Å²) >= 11 is 0. The number of ether oxygens (including phenoxy) is 3. The second-order valence-corrected chi connectivity index (χ2v) is 11.3. The number of rotatable bonds is 6. The minimum absolute atomic E-state index is 0.0725. The third-order valence-electron chi connectivity index (χ3n) is 6.64. The summed E-state index contributed by atoms with van der Waals surface area (Å²) in [5.74, 6) is -1.16. The highest BCUT2D eigenvalue weighted by molar-refractivity contribution is 7.32. The summed E-state index contributed by atoms with van der Waals surface area (Å²) in [6, 6.07) is 4.20. The van der Waals surface area contributed by atoms with Crippen molar-refractivity contribution in [3.8, 4) is 0 Å². The van der Waals surface area contributed by atoms with E-state index in [2.05, 4.69) is 12.1 Å². The Morgan fingerprint density at radius 3 is 2.69 bits per heavy atom. The predicted molar refractivity (Wildman–Crippen MR) is 141 cm³/mol. The fourth-order valence-electron chi connectivity index (χ4n) is 4.63. The number of benzene rings is 1. The number of aliphatic hydroxyl groups excluding tert-OH is 1. The van der Waals surface area contributed by atoms with Crippen LogP contribution in [0.2, 0.25) is 0 Å². The van der Waals surface area contributed by atoms with Crippen molar-refractivity contribution >= 4 is 20.9 Å². The van der Waals surface area contributed by atoms with Gasteiger partial charge in [-0.2, -0.15) is 0 Å². The van der Waals surface area contributed by atoms with Crippen molar-refractivity contribution in [2.45, 2.75) is 90.5 Å². The Balaban J connectivity index is 1.92. The molecule has 2 aliphatic rings. The van der Waals surface area contributed by atoms with Gasteiger partial charge in [0.25, 0.3) is 0 Å². The van der Waals surface area contributed by atoms with Crippen molar-refractivity contribution in [1.82, 2.24) is 0 Å². The van der Waals surface area contributed by atoms with Crippen LogP contribution in [-0.2, 0) is 25.2 Å². The molecular formula is C28H41O6P. The molecule has 2 aliphatic heterocycles. The monoisotopic (exact) mass is 504 g/mol. The first-order chi connectivity index (χ1) is 16.6. The molecular weight excluding hydrogens is 463 g/mol. The van der Waals surface area contributed by atoms with E-state index < -0.39 is 18.0 Å². The van der Waals surface area contributed by atoms with Crippen molar-refractivity contribution in [3.63, 3.8) is 0 Å². The standard InChI is InChI=1S/C28H41O6P/c1-18-13-14-23(29)26-24(33-28(4,5)34-26)12-9-11-22-17-21(10-7-8-15-35-31-6)16-19(2)25(22)27(30)32-20(18)3/h9,11,13-14,16-18,20,23-24,26,29,35H,7-8,10,12,15H2,1-6H3/b11-9+,14-13-/t18-,20+,23?,24+,26-/m1/s1. The van der Waals surface area contributed by atoms with E-state index in [1.165, 1.54) is 5.56 Å². The molecule has 1 N–H and O–H groups in total. The first kappa shape index (κ1) is 28.0. The zero-order valence-electron chi connectivity index (χ0n) is 21.9. The Morgan fingerprint density at radius 2 is 1.94 bits per heavy atom. The molecule has 0 aliphatic carbocycles. The topological polar surface area (TPSA) is 74.2 Å². The number of hydrogen-bond donors (Lipinski definition) is 1. The van der Waals surface area contributed by atoms with E-state index in [-0.39, 0.29) is 24.1 Å². The van der Waals surface area contributed by atoms with Crippen LogP contribution in [0.15, 0.2) is 30.4 Å². The molecule has 0 radical (unpaired) electrons. The van der Waals surface area contributed by atoms with Gasteiger partial charge in [0.15, 0.2) is 5.79 Å². The number of carbonyl (C=O) groups excluding carboxylic acids is 1. The number of aryl methyl sites for hydroxylation is 2. The van der Waals surface area contributed by atoms with Gasteiger partial charge in [0, 0.05) is 21.8 Å². The van der Waals surface area contributed by atoms with Crippen LogP contribution in [0.3, 0.4) is 0 Å². The van der Waals surface area contributed by atoms with Crippen molar-refractivity contribution in [2.75, 3.05) is 13.3 Å². The largest absolute Gasteiger partial charge is 0.458 e. The second kappa shape index (κ2) is 12.6.